The van der Waals surface area contributed by atoms with E-state index < -0.39 is 0 Å². The normalized spacial score (nSPS) is 12.9. The zero-order valence-corrected chi connectivity index (χ0v) is 10.3. The molecule has 92 valence electrons. The topological polar surface area (TPSA) is 72.5 Å². The fourth-order valence-electron chi connectivity index (χ4n) is 1.96. The van der Waals surface area contributed by atoms with E-state index >= 15 is 0 Å². The van der Waals surface area contributed by atoms with E-state index in [1.807, 2.05) is 32.6 Å². The summed E-state index contributed by atoms with van der Waals surface area (Å²) < 4.78 is 2.13. The molecule has 0 aliphatic heterocycles. The number of aromatic nitrogens is 4. The molecule has 17 heavy (non-hydrogen) atoms. The molecule has 0 aliphatic rings. The second-order valence-corrected chi connectivity index (χ2v) is 4.42. The van der Waals surface area contributed by atoms with Crippen LogP contribution in [0.4, 0.5) is 0 Å². The summed E-state index contributed by atoms with van der Waals surface area (Å²) in [7, 11) is 0. The van der Waals surface area contributed by atoms with Gasteiger partial charge in [0.15, 0.2) is 0 Å². The van der Waals surface area contributed by atoms with Crippen molar-refractivity contribution in [3.8, 4) is 0 Å². The highest BCUT2D eigenvalue weighted by Gasteiger charge is 2.06. The van der Waals surface area contributed by atoms with Gasteiger partial charge < -0.3 is 10.3 Å². The van der Waals surface area contributed by atoms with Crippen molar-refractivity contribution in [1.82, 2.24) is 19.7 Å². The summed E-state index contributed by atoms with van der Waals surface area (Å²) in [6, 6.07) is 0.0353. The Kier molecular flexibility index (Phi) is 3.58. The lowest BCUT2D eigenvalue weighted by Crippen LogP contribution is -2.12. The molecule has 0 saturated heterocycles. The van der Waals surface area contributed by atoms with Crippen LogP contribution in [-0.4, -0.2) is 19.7 Å². The maximum absolute atomic E-state index is 5.87. The Labute approximate surface area is 101 Å². The first kappa shape index (κ1) is 11.9. The molecule has 0 aliphatic carbocycles. The SMILES string of the molecule is Cc1[nH]ncc1CCCn1cncc1[C@@H](C)N. The van der Waals surface area contributed by atoms with Crippen LogP contribution >= 0.6 is 0 Å². The van der Waals surface area contributed by atoms with Gasteiger partial charge in [-0.05, 0) is 32.3 Å². The van der Waals surface area contributed by atoms with Crippen LogP contribution in [0.5, 0.6) is 0 Å². The first-order valence-corrected chi connectivity index (χ1v) is 5.93. The van der Waals surface area contributed by atoms with Gasteiger partial charge in [0.2, 0.25) is 0 Å². The molecule has 0 aromatic carbocycles. The van der Waals surface area contributed by atoms with Gasteiger partial charge >= 0.3 is 0 Å². The molecule has 2 heterocycles. The van der Waals surface area contributed by atoms with Crippen LogP contribution in [-0.2, 0) is 13.0 Å². The number of nitrogens with two attached hydrogens (primary N) is 1. The predicted molar refractivity (Wildman–Crippen MR) is 66.5 cm³/mol. The molecular formula is C12H19N5. The van der Waals surface area contributed by atoms with E-state index in [0.29, 0.717) is 0 Å². The average Bonchev–Trinajstić information content (AvgIpc) is 2.88. The number of nitrogens with one attached hydrogen (secondary N) is 1. The second kappa shape index (κ2) is 5.14. The highest BCUT2D eigenvalue weighted by Crippen LogP contribution is 2.11. The third-order valence-electron chi connectivity index (χ3n) is 2.99. The molecule has 2 rings (SSSR count). The third-order valence-corrected chi connectivity index (χ3v) is 2.99. The summed E-state index contributed by atoms with van der Waals surface area (Å²) >= 11 is 0. The van der Waals surface area contributed by atoms with E-state index in [1.54, 1.807) is 0 Å². The van der Waals surface area contributed by atoms with Crippen molar-refractivity contribution in [3.63, 3.8) is 0 Å². The van der Waals surface area contributed by atoms with Gasteiger partial charge in [0.1, 0.15) is 0 Å². The van der Waals surface area contributed by atoms with E-state index in [1.165, 1.54) is 5.56 Å². The van der Waals surface area contributed by atoms with Crippen molar-refractivity contribution >= 4 is 0 Å². The molecule has 2 aromatic rings. The Balaban J connectivity index is 1.90. The molecule has 0 amide bonds. The fourth-order valence-corrected chi connectivity index (χ4v) is 1.96. The van der Waals surface area contributed by atoms with Gasteiger partial charge in [0.05, 0.1) is 18.2 Å². The average molecular weight is 233 g/mol. The summed E-state index contributed by atoms with van der Waals surface area (Å²) in [4.78, 5) is 4.14. The summed E-state index contributed by atoms with van der Waals surface area (Å²) in [5.74, 6) is 0. The van der Waals surface area contributed by atoms with E-state index in [4.69, 9.17) is 5.73 Å². The third kappa shape index (κ3) is 2.74. The van der Waals surface area contributed by atoms with Crippen LogP contribution in [0.2, 0.25) is 0 Å². The van der Waals surface area contributed by atoms with Gasteiger partial charge in [-0.15, -0.1) is 0 Å². The summed E-state index contributed by atoms with van der Waals surface area (Å²) in [6.07, 6.45) is 7.68. The molecule has 5 heteroatoms. The molecular weight excluding hydrogens is 214 g/mol. The van der Waals surface area contributed by atoms with Gasteiger partial charge in [0, 0.05) is 24.5 Å². The first-order chi connectivity index (χ1) is 8.18. The lowest BCUT2D eigenvalue weighted by Gasteiger charge is -2.10. The van der Waals surface area contributed by atoms with E-state index in [9.17, 15) is 0 Å². The second-order valence-electron chi connectivity index (χ2n) is 4.42. The van der Waals surface area contributed by atoms with Crippen LogP contribution in [0.15, 0.2) is 18.7 Å². The quantitative estimate of drug-likeness (QED) is 0.823. The van der Waals surface area contributed by atoms with E-state index in [0.717, 1.165) is 30.8 Å². The van der Waals surface area contributed by atoms with E-state index in [-0.39, 0.29) is 6.04 Å². The minimum atomic E-state index is 0.0353. The summed E-state index contributed by atoms with van der Waals surface area (Å²) in [5, 5.41) is 6.97. The number of imidazole rings is 1. The number of nitrogens with zero attached hydrogens (tertiary/aromatic N) is 3. The van der Waals surface area contributed by atoms with Crippen molar-refractivity contribution < 1.29 is 0 Å². The van der Waals surface area contributed by atoms with Gasteiger partial charge in [-0.25, -0.2) is 4.98 Å². The van der Waals surface area contributed by atoms with Crippen LogP contribution in [0.25, 0.3) is 0 Å². The number of rotatable bonds is 5. The molecule has 0 spiro atoms. The smallest absolute Gasteiger partial charge is 0.0948 e. The number of H-pyrrole nitrogens is 1. The Morgan fingerprint density at radius 1 is 1.47 bits per heavy atom. The molecule has 3 N–H and O–H groups in total. The van der Waals surface area contributed by atoms with Crippen molar-refractivity contribution in [2.45, 2.75) is 39.3 Å². The van der Waals surface area contributed by atoms with Crippen molar-refractivity contribution in [1.29, 1.82) is 0 Å². The van der Waals surface area contributed by atoms with Crippen molar-refractivity contribution in [2.75, 3.05) is 0 Å². The molecule has 0 unspecified atom stereocenters. The van der Waals surface area contributed by atoms with Crippen LogP contribution in [0.1, 0.15) is 36.3 Å². The standard InChI is InChI=1S/C12H19N5/c1-9(13)12-7-14-8-17(12)5-3-4-11-6-15-16-10(11)2/h6-9H,3-5,13H2,1-2H3,(H,15,16)/t9-/m1/s1. The molecule has 0 bridgehead atoms. The minimum absolute atomic E-state index is 0.0353. The predicted octanol–water partition coefficient (Wildman–Crippen LogP) is 1.57. The van der Waals surface area contributed by atoms with Crippen LogP contribution in [0.3, 0.4) is 0 Å². The monoisotopic (exact) mass is 233 g/mol. The van der Waals surface area contributed by atoms with Crippen LogP contribution in [0, 0.1) is 6.92 Å². The van der Waals surface area contributed by atoms with Crippen LogP contribution < -0.4 is 5.73 Å². The molecule has 0 saturated carbocycles. The fraction of sp³-hybridized carbons (Fsp3) is 0.500. The van der Waals surface area contributed by atoms with Gasteiger partial charge in [-0.2, -0.15) is 5.10 Å². The maximum Gasteiger partial charge on any atom is 0.0948 e. The summed E-state index contributed by atoms with van der Waals surface area (Å²) in [6.45, 7) is 4.97. The number of aryl methyl sites for hydroxylation is 3. The van der Waals surface area contributed by atoms with Crippen molar-refractivity contribution in [2.24, 2.45) is 5.73 Å². The summed E-state index contributed by atoms with van der Waals surface area (Å²) in [5.41, 5.74) is 9.41. The Morgan fingerprint density at radius 2 is 2.29 bits per heavy atom. The first-order valence-electron chi connectivity index (χ1n) is 5.93. The Bertz CT molecular complexity index is 469. The van der Waals surface area contributed by atoms with Gasteiger partial charge in [0.25, 0.3) is 0 Å². The molecule has 5 nitrogen and oxygen atoms in total. The Hall–Kier alpha value is -1.62. The molecule has 0 fully saturated rings. The minimum Gasteiger partial charge on any atom is -0.333 e. The van der Waals surface area contributed by atoms with Crippen molar-refractivity contribution in [3.05, 3.63) is 35.7 Å². The number of aromatic amines is 1. The lowest BCUT2D eigenvalue weighted by molar-refractivity contribution is 0.592. The Morgan fingerprint density at radius 3 is 2.94 bits per heavy atom. The van der Waals surface area contributed by atoms with E-state index in [2.05, 4.69) is 19.7 Å². The molecule has 0 radical (unpaired) electrons. The van der Waals surface area contributed by atoms with Gasteiger partial charge in [-0.3, -0.25) is 5.10 Å². The maximum atomic E-state index is 5.87. The highest BCUT2D eigenvalue weighted by atomic mass is 15.1. The molecule has 2 aromatic heterocycles. The largest absolute Gasteiger partial charge is 0.333 e. The zero-order valence-electron chi connectivity index (χ0n) is 10.3. The molecule has 1 atom stereocenters. The highest BCUT2D eigenvalue weighted by molar-refractivity contribution is 5.14. The number of hydrogen-bond acceptors (Lipinski definition) is 3. The van der Waals surface area contributed by atoms with Gasteiger partial charge in [-0.1, -0.05) is 0 Å². The number of hydrogen-bond donors (Lipinski definition) is 2. The zero-order chi connectivity index (χ0) is 12.3. The lowest BCUT2D eigenvalue weighted by atomic mass is 10.1.